The van der Waals surface area contributed by atoms with Crippen LogP contribution in [0.1, 0.15) is 22.8 Å². The molecule has 5 nitrogen and oxygen atoms in total. The van der Waals surface area contributed by atoms with Crippen LogP contribution in [-0.4, -0.2) is 25.0 Å². The highest BCUT2D eigenvalue weighted by Crippen LogP contribution is 2.43. The average molecular weight is 825 g/mol. The van der Waals surface area contributed by atoms with E-state index in [1.807, 2.05) is 0 Å². The molecule has 3 aromatic heterocycles. The maximum Gasteiger partial charge on any atom is 0.200 e. The Balaban J connectivity index is 1.64. The third kappa shape index (κ3) is 5.37. The van der Waals surface area contributed by atoms with Gasteiger partial charge in [-0.15, -0.1) is 0 Å². The third-order valence-electron chi connectivity index (χ3n) is 9.11. The Kier molecular flexibility index (Phi) is 8.70. The number of nitrogens with one attached hydrogen (secondary N) is 2. The number of fused-ring (bicyclic) bond motifs is 8. The minimum Gasteiger partial charge on any atom is -0.504 e. The standard InChI is InChI=1S/C38H11F15N4O/c39-23-20(24(40)30(46)35(51)29(23)45)17-9-1-3-11(54-9)18(21-25(41)31(47)36(52)32(48)26(21)42)13-5-7-15(56-13)38(58)16-8-6-14(57-16)19(12-4-2-10(17)55-12)22-27(43)33(49)37(53)34(50)28(22)44/h1-8,54,57-58H. The van der Waals surface area contributed by atoms with Gasteiger partial charge in [0.15, 0.2) is 75.6 Å². The first-order chi connectivity index (χ1) is 27.4. The molecule has 0 radical (unpaired) electrons. The summed E-state index contributed by atoms with van der Waals surface area (Å²) in [4.78, 5) is 12.8. The maximum absolute atomic E-state index is 15.6. The van der Waals surface area contributed by atoms with Crippen molar-refractivity contribution in [2.75, 3.05) is 0 Å². The molecular formula is C38H11F15N4O. The number of hydrogen-bond donors (Lipinski definition) is 3. The number of aromatic nitrogens is 4. The normalized spacial score (nSPS) is 12.3. The van der Waals surface area contributed by atoms with E-state index in [1.54, 1.807) is 0 Å². The second-order valence-corrected chi connectivity index (χ2v) is 12.3. The lowest BCUT2D eigenvalue weighted by atomic mass is 10.0. The molecule has 0 unspecified atom stereocenters. The van der Waals surface area contributed by atoms with E-state index in [1.165, 1.54) is 0 Å². The van der Waals surface area contributed by atoms with Crippen LogP contribution in [0.15, 0.2) is 24.3 Å². The number of aromatic amines is 2. The van der Waals surface area contributed by atoms with Gasteiger partial charge in [0, 0.05) is 33.2 Å². The molecule has 0 saturated carbocycles. The number of aromatic hydroxyl groups is 1. The van der Waals surface area contributed by atoms with Gasteiger partial charge in [0.1, 0.15) is 5.69 Å². The van der Waals surface area contributed by atoms with Crippen molar-refractivity contribution in [1.29, 1.82) is 0 Å². The number of halogens is 15. The van der Waals surface area contributed by atoms with Crippen molar-refractivity contribution in [3.05, 3.63) is 134 Å². The van der Waals surface area contributed by atoms with Crippen LogP contribution in [0.2, 0.25) is 0 Å². The molecule has 58 heavy (non-hydrogen) atoms. The van der Waals surface area contributed by atoms with Gasteiger partial charge in [0.2, 0.25) is 17.5 Å². The average Bonchev–Trinajstić information content (AvgIpc) is 4.06. The number of benzene rings is 3. The van der Waals surface area contributed by atoms with Crippen molar-refractivity contribution in [1.82, 2.24) is 19.9 Å². The van der Waals surface area contributed by atoms with Crippen LogP contribution >= 0.6 is 0 Å². The highest BCUT2D eigenvalue weighted by atomic mass is 19.2. The summed E-state index contributed by atoms with van der Waals surface area (Å²) >= 11 is 0. The summed E-state index contributed by atoms with van der Waals surface area (Å²) in [7, 11) is 0. The molecule has 5 heterocycles. The Bertz CT molecular complexity index is 2940. The third-order valence-corrected chi connectivity index (χ3v) is 9.11. The first-order valence-electron chi connectivity index (χ1n) is 15.8. The molecule has 0 saturated heterocycles. The lowest BCUT2D eigenvalue weighted by Gasteiger charge is -2.11. The molecule has 0 aliphatic carbocycles. The zero-order valence-corrected chi connectivity index (χ0v) is 27.6. The van der Waals surface area contributed by atoms with Crippen molar-refractivity contribution in [2.45, 2.75) is 0 Å². The molecule has 2 aliphatic heterocycles. The van der Waals surface area contributed by atoms with Crippen molar-refractivity contribution >= 4 is 46.4 Å². The second-order valence-electron chi connectivity index (χ2n) is 12.3. The molecule has 3 aromatic carbocycles. The largest absolute Gasteiger partial charge is 0.504 e. The van der Waals surface area contributed by atoms with E-state index in [-0.39, 0.29) is 0 Å². The molecule has 0 amide bonds. The monoisotopic (exact) mass is 824 g/mol. The predicted molar refractivity (Wildman–Crippen MR) is 176 cm³/mol. The maximum atomic E-state index is 15.6. The fourth-order valence-corrected chi connectivity index (χ4v) is 6.45. The van der Waals surface area contributed by atoms with E-state index in [0.717, 1.165) is 48.6 Å². The number of H-pyrrole nitrogens is 2. The SMILES string of the molecule is Oc1c2nc(c(-c3c(F)c(F)c(F)c(F)c3F)c3ccc([nH]3)c(-c3c(F)c(F)c(F)c(F)c3F)c3nc(c(-c4c(F)c(F)c(F)c(F)c4F)c4ccc1[nH]4)C=C3)C=C2. The molecule has 3 N–H and O–H groups in total. The highest BCUT2D eigenvalue weighted by Gasteiger charge is 2.33. The summed E-state index contributed by atoms with van der Waals surface area (Å²) < 4.78 is 224. The van der Waals surface area contributed by atoms with Gasteiger partial charge >= 0.3 is 0 Å². The summed E-state index contributed by atoms with van der Waals surface area (Å²) in [6.07, 6.45) is 3.37. The molecule has 0 atom stereocenters. The highest BCUT2D eigenvalue weighted by molar-refractivity contribution is 5.98. The predicted octanol–water partition coefficient (Wildman–Crippen LogP) is 11.4. The second kappa shape index (κ2) is 13.3. The van der Waals surface area contributed by atoms with Gasteiger partial charge in [-0.3, -0.25) is 0 Å². The molecule has 8 bridgehead atoms. The smallest absolute Gasteiger partial charge is 0.200 e. The van der Waals surface area contributed by atoms with Gasteiger partial charge in [-0.2, -0.15) is 0 Å². The molecule has 0 fully saturated rings. The van der Waals surface area contributed by atoms with E-state index in [9.17, 15) is 44.6 Å². The van der Waals surface area contributed by atoms with Crippen LogP contribution in [0.3, 0.4) is 0 Å². The first kappa shape index (κ1) is 37.9. The topological polar surface area (TPSA) is 77.6 Å². The molecule has 0 spiro atoms. The molecule has 6 aromatic rings. The number of nitrogens with zero attached hydrogens (tertiary/aromatic N) is 2. The zero-order valence-electron chi connectivity index (χ0n) is 27.6. The lowest BCUT2D eigenvalue weighted by Crippen LogP contribution is -2.06. The van der Waals surface area contributed by atoms with E-state index < -0.39 is 171 Å². The Morgan fingerprint density at radius 2 is 0.517 bits per heavy atom. The summed E-state index contributed by atoms with van der Waals surface area (Å²) in [6.45, 7) is 0. The van der Waals surface area contributed by atoms with Gasteiger partial charge in [0.25, 0.3) is 0 Å². The van der Waals surface area contributed by atoms with Gasteiger partial charge in [-0.05, 0) is 48.6 Å². The lowest BCUT2D eigenvalue weighted by molar-refractivity contribution is 0.381. The molecule has 294 valence electrons. The molecule has 2 aliphatic rings. The fourth-order valence-electron chi connectivity index (χ4n) is 6.45. The van der Waals surface area contributed by atoms with E-state index >= 15 is 26.3 Å². The van der Waals surface area contributed by atoms with Crippen LogP contribution in [0.25, 0.3) is 79.8 Å². The summed E-state index contributed by atoms with van der Waals surface area (Å²) in [5, 5.41) is 11.2. The van der Waals surface area contributed by atoms with Crippen LogP contribution in [0, 0.1) is 87.3 Å². The summed E-state index contributed by atoms with van der Waals surface area (Å²) in [5.74, 6) is -38.0. The molecule has 20 heteroatoms. The van der Waals surface area contributed by atoms with Crippen LogP contribution in [0.4, 0.5) is 65.9 Å². The van der Waals surface area contributed by atoms with Crippen molar-refractivity contribution < 1.29 is 71.0 Å². The minimum absolute atomic E-state index is 0.437. The molecule has 8 rings (SSSR count). The number of hydrogen-bond acceptors (Lipinski definition) is 3. The van der Waals surface area contributed by atoms with Crippen molar-refractivity contribution in [3.63, 3.8) is 0 Å². The van der Waals surface area contributed by atoms with E-state index in [2.05, 4.69) is 19.9 Å². The van der Waals surface area contributed by atoms with Gasteiger partial charge in [0.05, 0.1) is 39.3 Å². The van der Waals surface area contributed by atoms with Gasteiger partial charge < -0.3 is 15.1 Å². The minimum atomic E-state index is -2.62. The Morgan fingerprint density at radius 1 is 0.293 bits per heavy atom. The Hall–Kier alpha value is -6.99. The van der Waals surface area contributed by atoms with Crippen LogP contribution < -0.4 is 0 Å². The van der Waals surface area contributed by atoms with Gasteiger partial charge in [-0.25, -0.2) is 75.8 Å². The quantitative estimate of drug-likeness (QED) is 0.0943. The van der Waals surface area contributed by atoms with Crippen molar-refractivity contribution in [3.8, 4) is 39.1 Å². The fraction of sp³-hybridized carbons (Fsp3) is 0. The van der Waals surface area contributed by atoms with Crippen molar-refractivity contribution in [2.24, 2.45) is 0 Å². The summed E-state index contributed by atoms with van der Waals surface area (Å²) in [6, 6.07) is 3.48. The van der Waals surface area contributed by atoms with Crippen LogP contribution in [0.5, 0.6) is 5.75 Å². The first-order valence-corrected chi connectivity index (χ1v) is 15.8. The Labute approximate surface area is 310 Å². The number of rotatable bonds is 3. The van der Waals surface area contributed by atoms with E-state index in [0.29, 0.717) is 0 Å². The van der Waals surface area contributed by atoms with Gasteiger partial charge in [-0.1, -0.05) is 0 Å². The zero-order chi connectivity index (χ0) is 41.8. The van der Waals surface area contributed by atoms with E-state index in [4.69, 9.17) is 0 Å². The molecular weight excluding hydrogens is 813 g/mol. The van der Waals surface area contributed by atoms with Crippen LogP contribution in [-0.2, 0) is 0 Å². The Morgan fingerprint density at radius 3 is 0.828 bits per heavy atom. The summed E-state index contributed by atoms with van der Waals surface area (Å²) in [5.41, 5.74) is -13.4.